The van der Waals surface area contributed by atoms with Crippen molar-refractivity contribution >= 4 is 48.5 Å². The van der Waals surface area contributed by atoms with Crippen LogP contribution in [-0.2, 0) is 27.7 Å². The molecule has 0 aliphatic heterocycles. The van der Waals surface area contributed by atoms with Crippen LogP contribution in [0.3, 0.4) is 0 Å². The standard InChI is InChI=1S/C34H29BrN2O7S/c35-26-13-18-30(19-14-26)45(41,42)20-4-5-23-10-16-28(17-11-23)44-33(34(39)40)37-32(38)25-7-3-8-29(21-25)43-22-27-15-12-24-6-1-2-9-31(24)36-27/h1-3,6-19,21,33H,4-5,20,22H2,(H,37,38)(H,39,40). The van der Waals surface area contributed by atoms with Gasteiger partial charge in [0.15, 0.2) is 9.84 Å². The van der Waals surface area contributed by atoms with Crippen LogP contribution in [0.25, 0.3) is 10.9 Å². The fraction of sp³-hybridized carbons (Fsp3) is 0.147. The SMILES string of the molecule is O=C(NC(Oc1ccc(CCCS(=O)(=O)c2ccc(Br)cc2)cc1)C(=O)O)c1cccc(OCc2ccc3ccccc3n2)c1. The fourth-order valence-electron chi connectivity index (χ4n) is 4.51. The van der Waals surface area contributed by atoms with Gasteiger partial charge in [-0.3, -0.25) is 4.79 Å². The first-order valence-corrected chi connectivity index (χ1v) is 16.5. The number of para-hydroxylation sites is 1. The average Bonchev–Trinajstić information content (AvgIpc) is 3.04. The lowest BCUT2D eigenvalue weighted by Crippen LogP contribution is -2.44. The van der Waals surface area contributed by atoms with Crippen LogP contribution in [0.4, 0.5) is 0 Å². The van der Waals surface area contributed by atoms with Gasteiger partial charge in [0.25, 0.3) is 12.1 Å². The van der Waals surface area contributed by atoms with E-state index in [2.05, 4.69) is 26.2 Å². The second-order valence-electron chi connectivity index (χ2n) is 10.1. The van der Waals surface area contributed by atoms with Crippen LogP contribution in [0.2, 0.25) is 0 Å². The van der Waals surface area contributed by atoms with Crippen LogP contribution in [-0.4, -0.2) is 42.4 Å². The number of sulfone groups is 1. The monoisotopic (exact) mass is 688 g/mol. The molecule has 45 heavy (non-hydrogen) atoms. The summed E-state index contributed by atoms with van der Waals surface area (Å²) in [5.41, 5.74) is 2.63. The highest BCUT2D eigenvalue weighted by atomic mass is 79.9. The smallest absolute Gasteiger partial charge is 0.366 e. The summed E-state index contributed by atoms with van der Waals surface area (Å²) in [6.45, 7) is 0.188. The number of rotatable bonds is 13. The number of aryl methyl sites for hydroxylation is 1. The molecule has 0 aliphatic rings. The maximum absolute atomic E-state index is 12.9. The molecular formula is C34H29BrN2O7S. The third-order valence-corrected chi connectivity index (χ3v) is 9.20. The van der Waals surface area contributed by atoms with E-state index in [9.17, 15) is 23.1 Å². The molecule has 0 saturated heterocycles. The lowest BCUT2D eigenvalue weighted by atomic mass is 10.1. The Kier molecular flexibility index (Phi) is 10.1. The van der Waals surface area contributed by atoms with E-state index in [0.717, 1.165) is 26.6 Å². The number of carbonyl (C=O) groups is 2. The number of carboxylic acid groups (broad SMARTS) is 1. The highest BCUT2D eigenvalue weighted by Gasteiger charge is 2.23. The summed E-state index contributed by atoms with van der Waals surface area (Å²) in [7, 11) is -3.40. The van der Waals surface area contributed by atoms with Crippen LogP contribution < -0.4 is 14.8 Å². The van der Waals surface area contributed by atoms with Gasteiger partial charge < -0.3 is 19.9 Å². The van der Waals surface area contributed by atoms with Crippen molar-refractivity contribution in [3.05, 3.63) is 130 Å². The molecule has 2 N–H and O–H groups in total. The molecule has 0 aliphatic carbocycles. The number of amides is 1. The van der Waals surface area contributed by atoms with Crippen molar-refractivity contribution in [3.8, 4) is 11.5 Å². The molecule has 5 aromatic rings. The summed E-state index contributed by atoms with van der Waals surface area (Å²) in [6, 6.07) is 31.1. The van der Waals surface area contributed by atoms with E-state index in [0.29, 0.717) is 18.6 Å². The van der Waals surface area contributed by atoms with E-state index in [-0.39, 0.29) is 28.6 Å². The molecule has 1 atom stereocenters. The van der Waals surface area contributed by atoms with Gasteiger partial charge in [-0.25, -0.2) is 18.2 Å². The molecule has 1 heterocycles. The second kappa shape index (κ2) is 14.4. The predicted molar refractivity (Wildman–Crippen MR) is 173 cm³/mol. The van der Waals surface area contributed by atoms with Crippen molar-refractivity contribution in [2.75, 3.05) is 5.75 Å². The van der Waals surface area contributed by atoms with E-state index in [1.807, 2.05) is 36.4 Å². The number of benzene rings is 4. The number of carboxylic acids is 1. The number of pyridine rings is 1. The Morgan fingerprint density at radius 1 is 0.867 bits per heavy atom. The first-order chi connectivity index (χ1) is 21.7. The van der Waals surface area contributed by atoms with E-state index >= 15 is 0 Å². The van der Waals surface area contributed by atoms with Gasteiger partial charge in [0.05, 0.1) is 21.9 Å². The van der Waals surface area contributed by atoms with Crippen molar-refractivity contribution in [1.29, 1.82) is 0 Å². The number of nitrogens with one attached hydrogen (secondary N) is 1. The molecule has 1 unspecified atom stereocenters. The highest BCUT2D eigenvalue weighted by Crippen LogP contribution is 2.20. The number of halogens is 1. The molecule has 0 fully saturated rings. The van der Waals surface area contributed by atoms with E-state index in [4.69, 9.17) is 9.47 Å². The van der Waals surface area contributed by atoms with Crippen LogP contribution in [0.1, 0.15) is 28.0 Å². The molecule has 9 nitrogen and oxygen atoms in total. The van der Waals surface area contributed by atoms with Gasteiger partial charge in [-0.1, -0.05) is 58.4 Å². The number of ether oxygens (including phenoxy) is 2. The molecule has 1 amide bonds. The van der Waals surface area contributed by atoms with Crippen LogP contribution in [0, 0.1) is 0 Å². The minimum Gasteiger partial charge on any atom is -0.487 e. The quantitative estimate of drug-likeness (QED) is 0.140. The normalized spacial score (nSPS) is 11.9. The van der Waals surface area contributed by atoms with Gasteiger partial charge >= 0.3 is 5.97 Å². The van der Waals surface area contributed by atoms with Gasteiger partial charge in [0.1, 0.15) is 18.1 Å². The number of carbonyl (C=O) groups excluding carboxylic acids is 1. The van der Waals surface area contributed by atoms with Crippen LogP contribution >= 0.6 is 15.9 Å². The predicted octanol–water partition coefficient (Wildman–Crippen LogP) is 6.20. The number of nitrogens with zero attached hydrogens (tertiary/aromatic N) is 1. The molecule has 1 aromatic heterocycles. The topological polar surface area (TPSA) is 132 Å². The second-order valence-corrected chi connectivity index (χ2v) is 13.2. The number of fused-ring (bicyclic) bond motifs is 1. The Balaban J connectivity index is 1.14. The van der Waals surface area contributed by atoms with Crippen LogP contribution in [0.5, 0.6) is 11.5 Å². The minimum atomic E-state index is -3.40. The summed E-state index contributed by atoms with van der Waals surface area (Å²) < 4.78 is 37.3. The lowest BCUT2D eigenvalue weighted by Gasteiger charge is -2.17. The zero-order valence-corrected chi connectivity index (χ0v) is 26.3. The Morgan fingerprint density at radius 3 is 2.38 bits per heavy atom. The molecule has 11 heteroatoms. The number of hydrogen-bond acceptors (Lipinski definition) is 7. The average molecular weight is 690 g/mol. The molecule has 230 valence electrons. The Bertz CT molecular complexity index is 1910. The summed E-state index contributed by atoms with van der Waals surface area (Å²) in [4.78, 5) is 29.7. The molecule has 0 bridgehead atoms. The fourth-order valence-corrected chi connectivity index (χ4v) is 6.09. The summed E-state index contributed by atoms with van der Waals surface area (Å²) in [6.07, 6.45) is -0.732. The zero-order chi connectivity index (χ0) is 31.8. The molecule has 4 aromatic carbocycles. The third-order valence-electron chi connectivity index (χ3n) is 6.85. The summed E-state index contributed by atoms with van der Waals surface area (Å²) in [5.74, 6) is -1.38. The van der Waals surface area contributed by atoms with Crippen molar-refractivity contribution in [1.82, 2.24) is 10.3 Å². The zero-order valence-electron chi connectivity index (χ0n) is 23.9. The molecule has 0 spiro atoms. The highest BCUT2D eigenvalue weighted by molar-refractivity contribution is 9.10. The third kappa shape index (κ3) is 8.68. The van der Waals surface area contributed by atoms with E-state index in [1.54, 1.807) is 66.7 Å². The maximum atomic E-state index is 12.9. The van der Waals surface area contributed by atoms with Gasteiger partial charge in [0, 0.05) is 15.4 Å². The van der Waals surface area contributed by atoms with Crippen LogP contribution in [0.15, 0.2) is 119 Å². The number of aromatic nitrogens is 1. The molecule has 0 radical (unpaired) electrons. The van der Waals surface area contributed by atoms with E-state index in [1.165, 1.54) is 6.07 Å². The number of hydrogen-bond donors (Lipinski definition) is 2. The Morgan fingerprint density at radius 2 is 1.62 bits per heavy atom. The van der Waals surface area contributed by atoms with Gasteiger partial charge in [-0.2, -0.15) is 0 Å². The largest absolute Gasteiger partial charge is 0.487 e. The van der Waals surface area contributed by atoms with Crippen molar-refractivity contribution in [2.24, 2.45) is 0 Å². The molecule has 5 rings (SSSR count). The molecule has 0 saturated carbocycles. The summed E-state index contributed by atoms with van der Waals surface area (Å²) >= 11 is 3.30. The number of aliphatic carboxylic acids is 1. The Hall–Kier alpha value is -4.74. The summed E-state index contributed by atoms with van der Waals surface area (Å²) in [5, 5.41) is 13.1. The lowest BCUT2D eigenvalue weighted by molar-refractivity contribution is -0.146. The van der Waals surface area contributed by atoms with Gasteiger partial charge in [-0.15, -0.1) is 0 Å². The van der Waals surface area contributed by atoms with E-state index < -0.39 is 27.9 Å². The van der Waals surface area contributed by atoms with Gasteiger partial charge in [0.2, 0.25) is 0 Å². The first kappa shape index (κ1) is 31.7. The van der Waals surface area contributed by atoms with Crippen molar-refractivity contribution in [2.45, 2.75) is 30.6 Å². The maximum Gasteiger partial charge on any atom is 0.366 e. The van der Waals surface area contributed by atoms with Gasteiger partial charge in [-0.05, 0) is 85.1 Å². The Labute approximate surface area is 268 Å². The van der Waals surface area contributed by atoms with Crippen molar-refractivity contribution < 1.29 is 32.6 Å². The minimum absolute atomic E-state index is 0.00737. The van der Waals surface area contributed by atoms with Crippen molar-refractivity contribution in [3.63, 3.8) is 0 Å². The first-order valence-electron chi connectivity index (χ1n) is 14.0. The molecular weight excluding hydrogens is 660 g/mol.